The molecule has 5 atom stereocenters. The van der Waals surface area contributed by atoms with Crippen molar-refractivity contribution in [2.75, 3.05) is 41.5 Å². The van der Waals surface area contributed by atoms with Crippen molar-refractivity contribution in [2.24, 2.45) is 5.92 Å². The first kappa shape index (κ1) is 45.8. The normalized spacial score (nSPS) is 25.0. The van der Waals surface area contributed by atoms with E-state index in [4.69, 9.17) is 9.47 Å². The van der Waals surface area contributed by atoms with E-state index < -0.39 is 19.8 Å². The maximum absolute atomic E-state index is 16.0. The molecule has 5 aliphatic heterocycles. The molecule has 3 fully saturated rings. The van der Waals surface area contributed by atoms with Gasteiger partial charge in [-0.05, 0) is 96.8 Å². The van der Waals surface area contributed by atoms with Crippen LogP contribution in [0.5, 0.6) is 5.75 Å². The van der Waals surface area contributed by atoms with Crippen molar-refractivity contribution in [1.29, 1.82) is 0 Å². The summed E-state index contributed by atoms with van der Waals surface area (Å²) >= 11 is 0. The smallest absolute Gasteiger partial charge is 0.264 e. The van der Waals surface area contributed by atoms with Gasteiger partial charge in [-0.15, -0.1) is 0 Å². The zero-order valence-corrected chi connectivity index (χ0v) is 40.2. The second-order valence-electron chi connectivity index (χ2n) is 19.9. The number of fused-ring (bicyclic) bond motifs is 3. The van der Waals surface area contributed by atoms with E-state index in [1.54, 1.807) is 7.11 Å². The van der Waals surface area contributed by atoms with E-state index >= 15 is 4.79 Å². The molecule has 0 aliphatic carbocycles. The number of carbonyl (C=O) groups is 4. The Bertz CT molecular complexity index is 2460. The number of ether oxygens (including phenoxy) is 2. The molecule has 0 bridgehead atoms. The third-order valence-corrected chi connectivity index (χ3v) is 20.0. The SMILES string of the molecule is COc1ccc([Si](C)(C)[C@@H]2[C@@H](CC(=O)N3Cc4ccccc4C[C@H]3CO)O[C@]3(C(=O)N(Cc4cccc(N5CCCCCCC5=O)c4)c4ccc(N5CCCCCCC5=O)cc43)[C@H]2C)cc1. The van der Waals surface area contributed by atoms with Crippen LogP contribution in [0.25, 0.3) is 0 Å². The van der Waals surface area contributed by atoms with E-state index in [9.17, 15) is 19.5 Å². The fraction of sp³-hybridized carbons (Fsp3) is 0.481. The van der Waals surface area contributed by atoms with Crippen LogP contribution >= 0.6 is 0 Å². The lowest BCUT2D eigenvalue weighted by Crippen LogP contribution is -2.52. The summed E-state index contributed by atoms with van der Waals surface area (Å²) in [7, 11) is -0.975. The van der Waals surface area contributed by atoms with Crippen LogP contribution in [0.2, 0.25) is 18.6 Å². The number of aliphatic hydroxyl groups excluding tert-OH is 1. The summed E-state index contributed by atoms with van der Waals surface area (Å²) in [5.41, 5.74) is 4.47. The molecule has 1 N–H and O–H groups in total. The Balaban J connectivity index is 1.14. The molecule has 0 saturated carbocycles. The van der Waals surface area contributed by atoms with Gasteiger partial charge < -0.3 is 34.2 Å². The number of carbonyl (C=O) groups excluding carboxylic acids is 4. The van der Waals surface area contributed by atoms with Crippen molar-refractivity contribution in [3.05, 3.63) is 113 Å². The first-order valence-corrected chi connectivity index (χ1v) is 27.5. The number of amides is 4. The summed E-state index contributed by atoms with van der Waals surface area (Å²) < 4.78 is 13.1. The summed E-state index contributed by atoms with van der Waals surface area (Å²) in [6, 6.07) is 29.9. The Hall–Kier alpha value is -5.30. The van der Waals surface area contributed by atoms with Gasteiger partial charge in [0.25, 0.3) is 5.91 Å². The van der Waals surface area contributed by atoms with E-state index in [1.807, 2.05) is 86.3 Å². The van der Waals surface area contributed by atoms with Crippen molar-refractivity contribution in [3.63, 3.8) is 0 Å². The van der Waals surface area contributed by atoms with Crippen LogP contribution in [-0.2, 0) is 49.0 Å². The van der Waals surface area contributed by atoms with Crippen LogP contribution in [0, 0.1) is 5.92 Å². The van der Waals surface area contributed by atoms with Gasteiger partial charge in [0, 0.05) is 55.3 Å². The quantitative estimate of drug-likeness (QED) is 0.159. The minimum Gasteiger partial charge on any atom is -0.497 e. The Morgan fingerprint density at radius 3 is 2.11 bits per heavy atom. The van der Waals surface area contributed by atoms with Crippen molar-refractivity contribution in [2.45, 2.75) is 133 Å². The molecule has 11 nitrogen and oxygen atoms in total. The predicted molar refractivity (Wildman–Crippen MR) is 261 cm³/mol. The number of aliphatic hydroxyl groups is 1. The molecule has 9 rings (SSSR count). The molecular formula is C54H66N4O7Si. The van der Waals surface area contributed by atoms with Crippen molar-refractivity contribution in [3.8, 4) is 5.75 Å². The second-order valence-corrected chi connectivity index (χ2v) is 24.6. The lowest BCUT2D eigenvalue weighted by Gasteiger charge is -2.39. The fourth-order valence-electron chi connectivity index (χ4n) is 12.0. The highest BCUT2D eigenvalue weighted by Gasteiger charge is 2.66. The fourth-order valence-corrected chi connectivity index (χ4v) is 16.0. The van der Waals surface area contributed by atoms with Crippen molar-refractivity contribution < 1.29 is 33.8 Å². The molecule has 12 heteroatoms. The predicted octanol–water partition coefficient (Wildman–Crippen LogP) is 8.39. The van der Waals surface area contributed by atoms with Gasteiger partial charge in [0.2, 0.25) is 17.7 Å². The molecule has 0 unspecified atom stereocenters. The van der Waals surface area contributed by atoms with Gasteiger partial charge >= 0.3 is 0 Å². The molecule has 5 heterocycles. The molecular weight excluding hydrogens is 845 g/mol. The van der Waals surface area contributed by atoms with Gasteiger partial charge in [0.05, 0.1) is 52.6 Å². The van der Waals surface area contributed by atoms with Crippen LogP contribution in [0.1, 0.15) is 99.8 Å². The maximum Gasteiger partial charge on any atom is 0.264 e. The molecule has 1 spiro atoms. The largest absolute Gasteiger partial charge is 0.497 e. The molecule has 4 aromatic rings. The first-order valence-electron chi connectivity index (χ1n) is 24.4. The molecule has 348 valence electrons. The van der Waals surface area contributed by atoms with Crippen molar-refractivity contribution >= 4 is 54.0 Å². The zero-order valence-electron chi connectivity index (χ0n) is 39.2. The summed E-state index contributed by atoms with van der Waals surface area (Å²) in [4.78, 5) is 65.5. The van der Waals surface area contributed by atoms with E-state index in [0.29, 0.717) is 38.9 Å². The Kier molecular flexibility index (Phi) is 13.3. The Morgan fingerprint density at radius 2 is 1.44 bits per heavy atom. The Morgan fingerprint density at radius 1 is 0.788 bits per heavy atom. The van der Waals surface area contributed by atoms with E-state index in [2.05, 4.69) is 44.3 Å². The minimum atomic E-state index is -2.63. The van der Waals surface area contributed by atoms with Gasteiger partial charge in [-0.1, -0.05) is 99.4 Å². The molecule has 3 saturated heterocycles. The number of hydrogen-bond donors (Lipinski definition) is 1. The van der Waals surface area contributed by atoms with E-state index in [0.717, 1.165) is 102 Å². The van der Waals surface area contributed by atoms with Crippen LogP contribution < -0.4 is 24.6 Å². The number of rotatable bonds is 10. The third kappa shape index (κ3) is 8.49. The van der Waals surface area contributed by atoms with Gasteiger partial charge in [-0.2, -0.15) is 0 Å². The average molecular weight is 911 g/mol. The van der Waals surface area contributed by atoms with Gasteiger partial charge in [0.1, 0.15) is 5.75 Å². The number of hydrogen-bond acceptors (Lipinski definition) is 7. The molecule has 66 heavy (non-hydrogen) atoms. The van der Waals surface area contributed by atoms with Gasteiger partial charge in [-0.25, -0.2) is 0 Å². The zero-order chi connectivity index (χ0) is 46.2. The van der Waals surface area contributed by atoms with Gasteiger partial charge in [0.15, 0.2) is 5.60 Å². The summed E-state index contributed by atoms with van der Waals surface area (Å²) in [5.74, 6) is 0.284. The van der Waals surface area contributed by atoms with Crippen LogP contribution in [0.15, 0.2) is 91.0 Å². The molecule has 0 radical (unpaired) electrons. The molecule has 4 aromatic carbocycles. The molecule has 5 aliphatic rings. The van der Waals surface area contributed by atoms with Crippen LogP contribution in [0.4, 0.5) is 17.1 Å². The lowest BCUT2D eigenvalue weighted by atomic mass is 9.82. The van der Waals surface area contributed by atoms with Crippen LogP contribution in [-0.4, -0.2) is 80.7 Å². The summed E-state index contributed by atoms with van der Waals surface area (Å²) in [5, 5.41) is 11.8. The number of methoxy groups -OCH3 is 1. The minimum absolute atomic E-state index is 0.0425. The van der Waals surface area contributed by atoms with Crippen molar-refractivity contribution in [1.82, 2.24) is 4.90 Å². The van der Waals surface area contributed by atoms with Gasteiger partial charge in [-0.3, -0.25) is 19.2 Å². The van der Waals surface area contributed by atoms with E-state index in [-0.39, 0.29) is 60.7 Å². The standard InChI is InChI=1S/C54H66N4O7Si/c1-37-52(66(3,4)45-25-23-44(64-2)24-26-45)48(33-51(62)57-35-40-18-12-11-17-39(40)31-43(57)36-59)65-54(37)46-32-42(56-29-14-8-6-10-21-50(56)61)22-27-47(46)58(53(54)63)34-38-16-15-19-41(30-38)55-28-13-7-5-9-20-49(55)60/h11-12,15-19,22-27,30,32,37,43,48,52,59H,5-10,13-14,20-21,28-29,31,33-36H2,1-4H3/t37-,43-,48+,52-,54+/m0/s1. The Labute approximate surface area is 391 Å². The molecule has 4 amide bonds. The highest BCUT2D eigenvalue weighted by Crippen LogP contribution is 2.61. The summed E-state index contributed by atoms with van der Waals surface area (Å²) in [6.45, 7) is 8.51. The highest BCUT2D eigenvalue weighted by atomic mass is 28.3. The summed E-state index contributed by atoms with van der Waals surface area (Å²) in [6.07, 6.45) is 8.78. The number of nitrogens with zero attached hydrogens (tertiary/aromatic N) is 4. The number of benzene rings is 4. The monoisotopic (exact) mass is 910 g/mol. The lowest BCUT2D eigenvalue weighted by molar-refractivity contribution is -0.151. The maximum atomic E-state index is 16.0. The highest BCUT2D eigenvalue weighted by molar-refractivity contribution is 6.91. The second kappa shape index (κ2) is 19.1. The topological polar surface area (TPSA) is 120 Å². The molecule has 0 aromatic heterocycles. The van der Waals surface area contributed by atoms with E-state index in [1.165, 1.54) is 0 Å². The average Bonchev–Trinajstić information content (AvgIpc) is 3.73. The third-order valence-electron chi connectivity index (χ3n) is 15.6. The number of anilines is 3. The first-order chi connectivity index (χ1) is 31.9. The van der Waals surface area contributed by atoms with Crippen LogP contribution in [0.3, 0.4) is 0 Å².